The van der Waals surface area contributed by atoms with Gasteiger partial charge in [0, 0.05) is 30.3 Å². The number of hydrogen-bond acceptors (Lipinski definition) is 5. The van der Waals surface area contributed by atoms with Crippen LogP contribution in [0.1, 0.15) is 36.4 Å². The van der Waals surface area contributed by atoms with Crippen LogP contribution in [0.25, 0.3) is 11.3 Å². The zero-order chi connectivity index (χ0) is 18.5. The molecule has 0 aliphatic carbocycles. The van der Waals surface area contributed by atoms with Crippen LogP contribution in [-0.2, 0) is 6.54 Å². The number of rotatable bonds is 6. The molecule has 5 nitrogen and oxygen atoms in total. The summed E-state index contributed by atoms with van der Waals surface area (Å²) >= 11 is 0. The van der Waals surface area contributed by atoms with Crippen LogP contribution in [0, 0.1) is 0 Å². The molecule has 1 fully saturated rings. The maximum atomic E-state index is 5.56. The number of aromatic nitrogens is 1. The van der Waals surface area contributed by atoms with Crippen LogP contribution < -0.4 is 10.2 Å². The summed E-state index contributed by atoms with van der Waals surface area (Å²) in [5, 5.41) is 2.37. The molecule has 1 aromatic heterocycles. The molecule has 0 amide bonds. The van der Waals surface area contributed by atoms with Crippen molar-refractivity contribution in [2.45, 2.75) is 31.8 Å². The molecule has 0 radical (unpaired) electrons. The van der Waals surface area contributed by atoms with E-state index in [0.717, 1.165) is 29.2 Å². The lowest BCUT2D eigenvalue weighted by Gasteiger charge is -2.36. The fraction of sp³-hybridized carbons (Fsp3) is 0.318. The minimum atomic E-state index is 0.406. The van der Waals surface area contributed by atoms with Crippen molar-refractivity contribution in [2.24, 2.45) is 0 Å². The number of hydrogen-bond donors (Lipinski definition) is 1. The second-order valence-corrected chi connectivity index (χ2v) is 6.84. The number of nitrogens with one attached hydrogen (secondary N) is 1. The molecule has 2 heterocycles. The Morgan fingerprint density at radius 1 is 1.19 bits per heavy atom. The highest BCUT2D eigenvalue weighted by atomic mass is 16.5. The lowest BCUT2D eigenvalue weighted by atomic mass is 9.97. The molecule has 5 heteroatoms. The van der Waals surface area contributed by atoms with Gasteiger partial charge in [0.25, 0.3) is 0 Å². The van der Waals surface area contributed by atoms with Gasteiger partial charge in [0.05, 0.1) is 13.3 Å². The molecular weight excluding hydrogens is 338 g/mol. The van der Waals surface area contributed by atoms with Gasteiger partial charge in [-0.05, 0) is 36.6 Å². The molecule has 1 N–H and O–H groups in total. The van der Waals surface area contributed by atoms with Crippen molar-refractivity contribution in [3.8, 4) is 17.1 Å². The van der Waals surface area contributed by atoms with E-state index < -0.39 is 0 Å². The summed E-state index contributed by atoms with van der Waals surface area (Å²) in [6.07, 6.45) is 6.84. The van der Waals surface area contributed by atoms with E-state index in [2.05, 4.69) is 51.8 Å². The molecule has 1 unspecified atom stereocenters. The van der Waals surface area contributed by atoms with Gasteiger partial charge in [-0.2, -0.15) is 0 Å². The Balaban J connectivity index is 1.52. The van der Waals surface area contributed by atoms with Crippen LogP contribution in [0.2, 0.25) is 0 Å². The molecule has 0 saturated carbocycles. The highest BCUT2D eigenvalue weighted by Crippen LogP contribution is 2.30. The average Bonchev–Trinajstić information content (AvgIpc) is 3.28. The van der Waals surface area contributed by atoms with Crippen molar-refractivity contribution in [1.29, 1.82) is 0 Å². The standard InChI is InChI=1S/C22H25N3O2/c1-26-21-11-10-18(22-15-23-16-27-22)13-19(21)14-24-25-12-6-5-9-20(25)17-7-3-2-4-8-17/h2-4,7-8,10-11,13,15-16,20,24H,5-6,9,12,14H2,1H3. The van der Waals surface area contributed by atoms with Crippen LogP contribution in [0.5, 0.6) is 5.75 Å². The summed E-state index contributed by atoms with van der Waals surface area (Å²) in [7, 11) is 1.71. The zero-order valence-electron chi connectivity index (χ0n) is 15.6. The van der Waals surface area contributed by atoms with E-state index in [1.165, 1.54) is 31.2 Å². The van der Waals surface area contributed by atoms with E-state index in [1.807, 2.05) is 12.1 Å². The van der Waals surface area contributed by atoms with Crippen molar-refractivity contribution in [2.75, 3.05) is 13.7 Å². The largest absolute Gasteiger partial charge is 0.496 e. The summed E-state index contributed by atoms with van der Waals surface area (Å²) in [6.45, 7) is 1.75. The van der Waals surface area contributed by atoms with E-state index in [4.69, 9.17) is 9.15 Å². The first-order chi connectivity index (χ1) is 13.3. The maximum Gasteiger partial charge on any atom is 0.181 e. The molecule has 1 aliphatic rings. The van der Waals surface area contributed by atoms with Gasteiger partial charge in [-0.25, -0.2) is 9.99 Å². The third kappa shape index (κ3) is 4.04. The van der Waals surface area contributed by atoms with Crippen molar-refractivity contribution < 1.29 is 9.15 Å². The monoisotopic (exact) mass is 363 g/mol. The zero-order valence-corrected chi connectivity index (χ0v) is 15.6. The van der Waals surface area contributed by atoms with E-state index in [0.29, 0.717) is 12.6 Å². The molecule has 3 aromatic rings. The molecule has 4 rings (SSSR count). The van der Waals surface area contributed by atoms with E-state index in [9.17, 15) is 0 Å². The highest BCUT2D eigenvalue weighted by molar-refractivity contribution is 5.59. The third-order valence-corrected chi connectivity index (χ3v) is 5.16. The number of piperidine rings is 1. The molecule has 1 saturated heterocycles. The molecule has 27 heavy (non-hydrogen) atoms. The quantitative estimate of drug-likeness (QED) is 0.695. The normalized spacial score (nSPS) is 17.7. The van der Waals surface area contributed by atoms with Crippen LogP contribution in [0.15, 0.2) is 65.5 Å². The minimum absolute atomic E-state index is 0.406. The predicted molar refractivity (Wildman–Crippen MR) is 105 cm³/mol. The number of oxazole rings is 1. The van der Waals surface area contributed by atoms with Gasteiger partial charge < -0.3 is 9.15 Å². The molecule has 1 atom stereocenters. The van der Waals surface area contributed by atoms with Crippen molar-refractivity contribution in [3.05, 3.63) is 72.2 Å². The molecule has 2 aromatic carbocycles. The average molecular weight is 363 g/mol. The predicted octanol–water partition coefficient (Wildman–Crippen LogP) is 4.58. The van der Waals surface area contributed by atoms with Crippen molar-refractivity contribution >= 4 is 0 Å². The fourth-order valence-corrected chi connectivity index (χ4v) is 3.76. The Bertz CT molecular complexity index is 849. The van der Waals surface area contributed by atoms with E-state index in [-0.39, 0.29) is 0 Å². The van der Waals surface area contributed by atoms with E-state index >= 15 is 0 Å². The van der Waals surface area contributed by atoms with Gasteiger partial charge in [-0.3, -0.25) is 5.43 Å². The van der Waals surface area contributed by atoms with Crippen LogP contribution in [-0.4, -0.2) is 23.6 Å². The second kappa shape index (κ2) is 8.37. The Morgan fingerprint density at radius 3 is 2.85 bits per heavy atom. The van der Waals surface area contributed by atoms with Crippen LogP contribution >= 0.6 is 0 Å². The number of ether oxygens (including phenoxy) is 1. The summed E-state index contributed by atoms with van der Waals surface area (Å²) in [5.41, 5.74) is 7.11. The number of nitrogens with zero attached hydrogens (tertiary/aromatic N) is 2. The summed E-state index contributed by atoms with van der Waals surface area (Å²) in [4.78, 5) is 4.01. The third-order valence-electron chi connectivity index (χ3n) is 5.16. The van der Waals surface area contributed by atoms with Gasteiger partial charge in [-0.1, -0.05) is 36.8 Å². The minimum Gasteiger partial charge on any atom is -0.496 e. The Labute approximate surface area is 160 Å². The summed E-state index contributed by atoms with van der Waals surface area (Å²) in [5.74, 6) is 1.64. The molecule has 0 spiro atoms. The first kappa shape index (κ1) is 17.8. The highest BCUT2D eigenvalue weighted by Gasteiger charge is 2.23. The summed E-state index contributed by atoms with van der Waals surface area (Å²) in [6, 6.07) is 17.2. The molecule has 140 valence electrons. The fourth-order valence-electron chi connectivity index (χ4n) is 3.76. The second-order valence-electron chi connectivity index (χ2n) is 6.84. The van der Waals surface area contributed by atoms with Gasteiger partial charge in [0.1, 0.15) is 5.75 Å². The number of benzene rings is 2. The number of hydrazine groups is 1. The smallest absolute Gasteiger partial charge is 0.181 e. The summed E-state index contributed by atoms with van der Waals surface area (Å²) < 4.78 is 11.0. The first-order valence-electron chi connectivity index (χ1n) is 9.46. The van der Waals surface area contributed by atoms with Crippen LogP contribution in [0.3, 0.4) is 0 Å². The van der Waals surface area contributed by atoms with Crippen molar-refractivity contribution in [3.63, 3.8) is 0 Å². The van der Waals surface area contributed by atoms with Gasteiger partial charge >= 0.3 is 0 Å². The van der Waals surface area contributed by atoms with Gasteiger partial charge in [-0.15, -0.1) is 0 Å². The lowest BCUT2D eigenvalue weighted by molar-refractivity contribution is 0.0822. The van der Waals surface area contributed by atoms with Gasteiger partial charge in [0.15, 0.2) is 12.2 Å². The van der Waals surface area contributed by atoms with E-state index in [1.54, 1.807) is 13.3 Å². The molecule has 1 aliphatic heterocycles. The Kier molecular flexibility index (Phi) is 5.51. The van der Waals surface area contributed by atoms with Gasteiger partial charge in [0.2, 0.25) is 0 Å². The Morgan fingerprint density at radius 2 is 2.07 bits per heavy atom. The maximum absolute atomic E-state index is 5.56. The topological polar surface area (TPSA) is 50.5 Å². The van der Waals surface area contributed by atoms with Crippen LogP contribution in [0.4, 0.5) is 0 Å². The SMILES string of the molecule is COc1ccc(-c2cnco2)cc1CNN1CCCCC1c1ccccc1. The molecular formula is C22H25N3O2. The lowest BCUT2D eigenvalue weighted by Crippen LogP contribution is -2.43. The first-order valence-corrected chi connectivity index (χ1v) is 9.46. The van der Waals surface area contributed by atoms with Crippen molar-refractivity contribution in [1.82, 2.24) is 15.4 Å². The molecule has 0 bridgehead atoms. The number of methoxy groups -OCH3 is 1. The Hall–Kier alpha value is -2.63.